The van der Waals surface area contributed by atoms with Gasteiger partial charge in [-0.1, -0.05) is 18.5 Å². The molecule has 0 fully saturated rings. The number of nitrogens with one attached hydrogen (secondary N) is 1. The van der Waals surface area contributed by atoms with Crippen molar-refractivity contribution in [2.45, 2.75) is 13.3 Å². The van der Waals surface area contributed by atoms with Gasteiger partial charge < -0.3 is 10.4 Å². The average molecular weight is 214 g/mol. The van der Waals surface area contributed by atoms with Gasteiger partial charge in [0.25, 0.3) is 0 Å². The fraction of sp³-hybridized carbons (Fsp3) is 0.300. The Labute approximate surface area is 87.7 Å². The lowest BCUT2D eigenvalue weighted by atomic mass is 10.2. The molecule has 0 aromatic heterocycles. The molecular weight excluding hydrogens is 202 g/mol. The number of benzene rings is 1. The van der Waals surface area contributed by atoms with Crippen LogP contribution in [0.15, 0.2) is 18.2 Å². The second-order valence-electron chi connectivity index (χ2n) is 2.93. The topological polar surface area (TPSA) is 49.3 Å². The normalized spacial score (nSPS) is 9.86. The van der Waals surface area contributed by atoms with E-state index in [0.29, 0.717) is 5.02 Å². The van der Waals surface area contributed by atoms with E-state index in [2.05, 4.69) is 5.32 Å². The molecule has 0 saturated heterocycles. The molecule has 0 saturated carbocycles. The molecule has 0 radical (unpaired) electrons. The number of halogens is 1. The molecule has 0 aliphatic rings. The predicted octanol–water partition coefficient (Wildman–Crippen LogP) is 2.86. The number of aromatic carboxylic acids is 1. The van der Waals surface area contributed by atoms with Gasteiger partial charge in [-0.2, -0.15) is 0 Å². The van der Waals surface area contributed by atoms with Gasteiger partial charge in [-0.15, -0.1) is 0 Å². The minimum Gasteiger partial charge on any atom is -0.478 e. The van der Waals surface area contributed by atoms with Gasteiger partial charge in [-0.05, 0) is 24.6 Å². The van der Waals surface area contributed by atoms with Crippen LogP contribution in [0.2, 0.25) is 5.02 Å². The third-order valence-electron chi connectivity index (χ3n) is 1.78. The molecule has 1 aromatic carbocycles. The van der Waals surface area contributed by atoms with Crippen molar-refractivity contribution in [3.8, 4) is 0 Å². The maximum absolute atomic E-state index is 10.6. The van der Waals surface area contributed by atoms with E-state index in [-0.39, 0.29) is 5.56 Å². The standard InChI is InChI=1S/C10H12ClNO2/c1-2-5-12-9-4-3-7(10(13)14)6-8(9)11/h3-4,6,12H,2,5H2,1H3,(H,13,14). The Morgan fingerprint density at radius 2 is 2.29 bits per heavy atom. The first-order valence-electron chi connectivity index (χ1n) is 4.42. The van der Waals surface area contributed by atoms with Crippen LogP contribution in [-0.2, 0) is 0 Å². The summed E-state index contributed by atoms with van der Waals surface area (Å²) in [5, 5.41) is 12.2. The van der Waals surface area contributed by atoms with Crippen LogP contribution in [-0.4, -0.2) is 17.6 Å². The molecule has 1 aromatic rings. The maximum atomic E-state index is 10.6. The Balaban J connectivity index is 2.84. The average Bonchev–Trinajstić information content (AvgIpc) is 2.15. The molecule has 3 nitrogen and oxygen atoms in total. The zero-order chi connectivity index (χ0) is 10.6. The molecule has 2 N–H and O–H groups in total. The van der Waals surface area contributed by atoms with E-state index in [1.807, 2.05) is 6.92 Å². The van der Waals surface area contributed by atoms with Crippen molar-refractivity contribution < 1.29 is 9.90 Å². The Hall–Kier alpha value is -1.22. The lowest BCUT2D eigenvalue weighted by molar-refractivity contribution is 0.0697. The monoisotopic (exact) mass is 213 g/mol. The summed E-state index contributed by atoms with van der Waals surface area (Å²) >= 11 is 5.88. The molecule has 14 heavy (non-hydrogen) atoms. The van der Waals surface area contributed by atoms with Gasteiger partial charge in [-0.25, -0.2) is 4.79 Å². The summed E-state index contributed by atoms with van der Waals surface area (Å²) in [4.78, 5) is 10.6. The summed E-state index contributed by atoms with van der Waals surface area (Å²) in [5.41, 5.74) is 0.982. The number of hydrogen-bond acceptors (Lipinski definition) is 2. The Kier molecular flexibility index (Phi) is 3.77. The summed E-state index contributed by atoms with van der Waals surface area (Å²) in [6, 6.07) is 4.66. The Morgan fingerprint density at radius 3 is 2.79 bits per heavy atom. The molecule has 0 unspecified atom stereocenters. The summed E-state index contributed by atoms with van der Waals surface area (Å²) < 4.78 is 0. The highest BCUT2D eigenvalue weighted by molar-refractivity contribution is 6.33. The number of carboxylic acids is 1. The van der Waals surface area contributed by atoms with Gasteiger partial charge in [0.05, 0.1) is 16.3 Å². The first-order valence-corrected chi connectivity index (χ1v) is 4.79. The van der Waals surface area contributed by atoms with Gasteiger partial charge >= 0.3 is 5.97 Å². The molecule has 0 heterocycles. The van der Waals surface area contributed by atoms with E-state index < -0.39 is 5.97 Å². The van der Waals surface area contributed by atoms with Crippen molar-refractivity contribution >= 4 is 23.3 Å². The SMILES string of the molecule is CCCNc1ccc(C(=O)O)cc1Cl. The van der Waals surface area contributed by atoms with Gasteiger partial charge in [0.2, 0.25) is 0 Å². The predicted molar refractivity (Wildman–Crippen MR) is 57.2 cm³/mol. The number of carbonyl (C=O) groups is 1. The van der Waals surface area contributed by atoms with Crippen LogP contribution in [0.5, 0.6) is 0 Å². The van der Waals surface area contributed by atoms with E-state index in [4.69, 9.17) is 16.7 Å². The lowest BCUT2D eigenvalue weighted by Crippen LogP contribution is -2.02. The molecule has 0 aliphatic carbocycles. The lowest BCUT2D eigenvalue weighted by Gasteiger charge is -2.07. The first-order chi connectivity index (χ1) is 6.65. The highest BCUT2D eigenvalue weighted by atomic mass is 35.5. The summed E-state index contributed by atoms with van der Waals surface area (Å²) in [6.07, 6.45) is 0.997. The molecule has 1 rings (SSSR count). The van der Waals surface area contributed by atoms with Crippen molar-refractivity contribution in [2.24, 2.45) is 0 Å². The fourth-order valence-electron chi connectivity index (χ4n) is 1.05. The number of hydrogen-bond donors (Lipinski definition) is 2. The molecule has 0 spiro atoms. The minimum absolute atomic E-state index is 0.206. The smallest absolute Gasteiger partial charge is 0.335 e. The van der Waals surface area contributed by atoms with E-state index in [0.717, 1.165) is 18.7 Å². The molecular formula is C10H12ClNO2. The van der Waals surface area contributed by atoms with Gasteiger partial charge in [0, 0.05) is 6.54 Å². The minimum atomic E-state index is -0.964. The van der Waals surface area contributed by atoms with E-state index in [1.54, 1.807) is 6.07 Å². The van der Waals surface area contributed by atoms with E-state index in [9.17, 15) is 4.79 Å². The van der Waals surface area contributed by atoms with E-state index >= 15 is 0 Å². The summed E-state index contributed by atoms with van der Waals surface area (Å²) in [7, 11) is 0. The third-order valence-corrected chi connectivity index (χ3v) is 2.09. The fourth-order valence-corrected chi connectivity index (χ4v) is 1.30. The molecule has 0 atom stereocenters. The second-order valence-corrected chi connectivity index (χ2v) is 3.33. The van der Waals surface area contributed by atoms with Crippen molar-refractivity contribution in [3.63, 3.8) is 0 Å². The van der Waals surface area contributed by atoms with Gasteiger partial charge in [0.1, 0.15) is 0 Å². The van der Waals surface area contributed by atoms with Crippen molar-refractivity contribution in [1.82, 2.24) is 0 Å². The number of carboxylic acid groups (broad SMARTS) is 1. The molecule has 0 aliphatic heterocycles. The largest absolute Gasteiger partial charge is 0.478 e. The maximum Gasteiger partial charge on any atom is 0.335 e. The highest BCUT2D eigenvalue weighted by Crippen LogP contribution is 2.22. The highest BCUT2D eigenvalue weighted by Gasteiger charge is 2.05. The molecule has 4 heteroatoms. The van der Waals surface area contributed by atoms with Crippen molar-refractivity contribution in [1.29, 1.82) is 0 Å². The van der Waals surface area contributed by atoms with Crippen LogP contribution in [0, 0.1) is 0 Å². The third kappa shape index (κ3) is 2.64. The zero-order valence-corrected chi connectivity index (χ0v) is 8.64. The molecule has 0 amide bonds. The quantitative estimate of drug-likeness (QED) is 0.809. The second kappa shape index (κ2) is 4.86. The van der Waals surface area contributed by atoms with Crippen LogP contribution >= 0.6 is 11.6 Å². The van der Waals surface area contributed by atoms with Crippen LogP contribution in [0.25, 0.3) is 0 Å². The van der Waals surface area contributed by atoms with Crippen LogP contribution in [0.3, 0.4) is 0 Å². The van der Waals surface area contributed by atoms with E-state index in [1.165, 1.54) is 12.1 Å². The Morgan fingerprint density at radius 1 is 1.57 bits per heavy atom. The van der Waals surface area contributed by atoms with Crippen LogP contribution in [0.4, 0.5) is 5.69 Å². The van der Waals surface area contributed by atoms with Crippen molar-refractivity contribution in [2.75, 3.05) is 11.9 Å². The van der Waals surface area contributed by atoms with Crippen molar-refractivity contribution in [3.05, 3.63) is 28.8 Å². The summed E-state index contributed by atoms with van der Waals surface area (Å²) in [5.74, 6) is -0.964. The Bertz CT molecular complexity index is 339. The van der Waals surface area contributed by atoms with Crippen LogP contribution in [0.1, 0.15) is 23.7 Å². The zero-order valence-electron chi connectivity index (χ0n) is 7.88. The molecule has 76 valence electrons. The first kappa shape index (κ1) is 10.9. The number of rotatable bonds is 4. The number of anilines is 1. The van der Waals surface area contributed by atoms with Gasteiger partial charge in [-0.3, -0.25) is 0 Å². The molecule has 0 bridgehead atoms. The summed E-state index contributed by atoms with van der Waals surface area (Å²) in [6.45, 7) is 2.87. The van der Waals surface area contributed by atoms with Crippen LogP contribution < -0.4 is 5.32 Å². The van der Waals surface area contributed by atoms with Gasteiger partial charge in [0.15, 0.2) is 0 Å².